The molecule has 1 aliphatic rings. The topological polar surface area (TPSA) is 114 Å². The number of amides is 1. The number of hydrogen-bond acceptors (Lipinski definition) is 5. The highest BCUT2D eigenvalue weighted by molar-refractivity contribution is 6.13. The molecule has 0 atom stereocenters. The number of rotatable bonds is 8. The fourth-order valence-corrected chi connectivity index (χ4v) is 3.64. The van der Waals surface area contributed by atoms with Crippen LogP contribution in [0.1, 0.15) is 55.5 Å². The van der Waals surface area contributed by atoms with E-state index in [9.17, 15) is 15.2 Å². The van der Waals surface area contributed by atoms with Gasteiger partial charge in [-0.05, 0) is 50.8 Å². The zero-order valence-electron chi connectivity index (χ0n) is 17.4. The van der Waals surface area contributed by atoms with Gasteiger partial charge in [0.25, 0.3) is 5.91 Å². The molecule has 1 amide bonds. The van der Waals surface area contributed by atoms with E-state index in [1.807, 2.05) is 6.07 Å². The van der Waals surface area contributed by atoms with Crippen LogP contribution in [0.25, 0.3) is 21.9 Å². The van der Waals surface area contributed by atoms with E-state index in [0.717, 1.165) is 46.5 Å². The van der Waals surface area contributed by atoms with Gasteiger partial charge in [0.2, 0.25) is 0 Å². The highest BCUT2D eigenvalue weighted by Crippen LogP contribution is 2.34. The monoisotopic (exact) mass is 405 g/mol. The Balaban J connectivity index is 1.69. The van der Waals surface area contributed by atoms with Crippen LogP contribution in [0.15, 0.2) is 24.4 Å². The molecule has 1 aliphatic carbocycles. The lowest BCUT2D eigenvalue weighted by Gasteiger charge is -2.18. The van der Waals surface area contributed by atoms with E-state index in [1.165, 1.54) is 12.8 Å². The average Bonchev–Trinajstić information content (AvgIpc) is 3.45. The lowest BCUT2D eigenvalue weighted by Crippen LogP contribution is -2.31. The smallest absolute Gasteiger partial charge is 0.255 e. The Kier molecular flexibility index (Phi) is 5.35. The molecule has 1 fully saturated rings. The minimum atomic E-state index is -0.837. The molecule has 0 unspecified atom stereocenters. The Morgan fingerprint density at radius 2 is 2.17 bits per heavy atom. The largest absolute Gasteiger partial charge is 0.390 e. The van der Waals surface area contributed by atoms with E-state index in [1.54, 1.807) is 32.2 Å². The summed E-state index contributed by atoms with van der Waals surface area (Å²) in [5.74, 6) is 0.554. The number of aromatic amines is 1. The second kappa shape index (κ2) is 7.96. The number of anilines is 1. The molecule has 7 nitrogen and oxygen atoms in total. The van der Waals surface area contributed by atoms with Gasteiger partial charge in [-0.25, -0.2) is 0 Å². The van der Waals surface area contributed by atoms with Crippen molar-refractivity contribution in [2.24, 2.45) is 5.92 Å². The van der Waals surface area contributed by atoms with Crippen LogP contribution in [-0.4, -0.2) is 39.7 Å². The fraction of sp³-hybridized carbons (Fsp3) is 0.435. The standard InChI is InChI=1S/C23H27N5O2/c1-23(2,30)8-10-26-22(29)17-13-27-19-16-6-5-15(12-24)11-18(16)28-21(19)20(17)25-9-7-14-3-4-14/h5-6,11,13-14,28,30H,3-4,7-10H2,1-2H3,(H,25,27)(H,26,29). The molecule has 3 aromatic rings. The molecule has 156 valence electrons. The van der Waals surface area contributed by atoms with Gasteiger partial charge in [-0.3, -0.25) is 9.78 Å². The van der Waals surface area contributed by atoms with Crippen LogP contribution in [0.3, 0.4) is 0 Å². The van der Waals surface area contributed by atoms with Gasteiger partial charge in [-0.2, -0.15) is 5.26 Å². The predicted molar refractivity (Wildman–Crippen MR) is 117 cm³/mol. The summed E-state index contributed by atoms with van der Waals surface area (Å²) in [6.45, 7) is 4.60. The summed E-state index contributed by atoms with van der Waals surface area (Å²) in [7, 11) is 0. The Morgan fingerprint density at radius 1 is 1.37 bits per heavy atom. The van der Waals surface area contributed by atoms with Gasteiger partial charge in [0, 0.05) is 30.2 Å². The molecule has 0 saturated heterocycles. The third kappa shape index (κ3) is 4.39. The highest BCUT2D eigenvalue weighted by atomic mass is 16.3. The number of pyridine rings is 1. The first-order valence-corrected chi connectivity index (χ1v) is 10.4. The van der Waals surface area contributed by atoms with Gasteiger partial charge in [0.05, 0.1) is 39.5 Å². The number of carbonyl (C=O) groups is 1. The maximum atomic E-state index is 12.9. The fourth-order valence-electron chi connectivity index (χ4n) is 3.64. The van der Waals surface area contributed by atoms with E-state index in [4.69, 9.17) is 0 Å². The van der Waals surface area contributed by atoms with Gasteiger partial charge < -0.3 is 20.7 Å². The Hall–Kier alpha value is -3.11. The summed E-state index contributed by atoms with van der Waals surface area (Å²) < 4.78 is 0. The Morgan fingerprint density at radius 3 is 2.87 bits per heavy atom. The van der Waals surface area contributed by atoms with Crippen LogP contribution in [0, 0.1) is 17.2 Å². The van der Waals surface area contributed by atoms with Crippen molar-refractivity contribution < 1.29 is 9.90 Å². The summed E-state index contributed by atoms with van der Waals surface area (Å²) in [5.41, 5.74) is 3.30. The maximum Gasteiger partial charge on any atom is 0.255 e. The minimum absolute atomic E-state index is 0.223. The highest BCUT2D eigenvalue weighted by Gasteiger charge is 2.23. The number of hydrogen-bond donors (Lipinski definition) is 4. The van der Waals surface area contributed by atoms with Crippen LogP contribution in [0.5, 0.6) is 0 Å². The zero-order chi connectivity index (χ0) is 21.3. The predicted octanol–water partition coefficient (Wildman–Crippen LogP) is 3.69. The molecule has 0 aliphatic heterocycles. The first-order valence-electron chi connectivity index (χ1n) is 10.4. The number of carbonyl (C=O) groups excluding carboxylic acids is 1. The molecule has 7 heteroatoms. The maximum absolute atomic E-state index is 12.9. The van der Waals surface area contributed by atoms with Crippen molar-refractivity contribution >= 4 is 33.5 Å². The number of nitrogens with zero attached hydrogens (tertiary/aromatic N) is 2. The number of benzene rings is 1. The molecule has 30 heavy (non-hydrogen) atoms. The first kappa shape index (κ1) is 20.2. The second-order valence-electron chi connectivity index (χ2n) is 8.74. The lowest BCUT2D eigenvalue weighted by atomic mass is 10.1. The molecule has 2 heterocycles. The molecule has 1 saturated carbocycles. The van der Waals surface area contributed by atoms with Crippen LogP contribution in [0.4, 0.5) is 5.69 Å². The lowest BCUT2D eigenvalue weighted by molar-refractivity contribution is 0.0693. The van der Waals surface area contributed by atoms with Crippen molar-refractivity contribution in [2.45, 2.75) is 45.1 Å². The average molecular weight is 406 g/mol. The number of fused-ring (bicyclic) bond motifs is 3. The third-order valence-electron chi connectivity index (χ3n) is 5.56. The number of aromatic nitrogens is 2. The van der Waals surface area contributed by atoms with E-state index < -0.39 is 5.60 Å². The molecular weight excluding hydrogens is 378 g/mol. The second-order valence-corrected chi connectivity index (χ2v) is 8.74. The number of H-pyrrole nitrogens is 1. The molecule has 1 aromatic carbocycles. The summed E-state index contributed by atoms with van der Waals surface area (Å²) in [6.07, 6.45) is 5.69. The summed E-state index contributed by atoms with van der Waals surface area (Å²) in [5, 5.41) is 26.4. The summed E-state index contributed by atoms with van der Waals surface area (Å²) in [4.78, 5) is 20.8. The van der Waals surface area contributed by atoms with Crippen molar-refractivity contribution in [3.8, 4) is 6.07 Å². The van der Waals surface area contributed by atoms with Crippen LogP contribution in [-0.2, 0) is 0 Å². The van der Waals surface area contributed by atoms with Gasteiger partial charge in [0.15, 0.2) is 0 Å². The van der Waals surface area contributed by atoms with Crippen LogP contribution >= 0.6 is 0 Å². The van der Waals surface area contributed by atoms with Crippen molar-refractivity contribution in [1.82, 2.24) is 15.3 Å². The van der Waals surface area contributed by atoms with Gasteiger partial charge >= 0.3 is 0 Å². The first-order chi connectivity index (χ1) is 14.4. The molecule has 0 spiro atoms. The van der Waals surface area contributed by atoms with Crippen LogP contribution < -0.4 is 10.6 Å². The SMILES string of the molecule is CC(C)(O)CCNC(=O)c1cnc2c([nH]c3cc(C#N)ccc32)c1NCCC1CC1. The van der Waals surface area contributed by atoms with Crippen molar-refractivity contribution in [2.75, 3.05) is 18.4 Å². The van der Waals surface area contributed by atoms with Crippen molar-refractivity contribution in [3.05, 3.63) is 35.5 Å². The van der Waals surface area contributed by atoms with E-state index in [0.29, 0.717) is 24.1 Å². The number of nitrogens with one attached hydrogen (secondary N) is 3. The number of nitriles is 1. The molecule has 0 bridgehead atoms. The van der Waals surface area contributed by atoms with Crippen molar-refractivity contribution in [1.29, 1.82) is 5.26 Å². The zero-order valence-corrected chi connectivity index (χ0v) is 17.4. The van der Waals surface area contributed by atoms with E-state index in [-0.39, 0.29) is 5.91 Å². The van der Waals surface area contributed by atoms with Crippen molar-refractivity contribution in [3.63, 3.8) is 0 Å². The molecule has 0 radical (unpaired) electrons. The van der Waals surface area contributed by atoms with E-state index in [2.05, 4.69) is 26.7 Å². The normalized spacial score (nSPS) is 14.1. The number of aliphatic hydroxyl groups is 1. The molecule has 4 N–H and O–H groups in total. The van der Waals surface area contributed by atoms with Gasteiger partial charge in [-0.15, -0.1) is 0 Å². The Labute approximate surface area is 175 Å². The quantitative estimate of drug-likeness (QED) is 0.456. The minimum Gasteiger partial charge on any atom is -0.390 e. The summed E-state index contributed by atoms with van der Waals surface area (Å²) in [6, 6.07) is 7.61. The summed E-state index contributed by atoms with van der Waals surface area (Å²) >= 11 is 0. The Bertz CT molecular complexity index is 1130. The molecule has 2 aromatic heterocycles. The van der Waals surface area contributed by atoms with Gasteiger partial charge in [0.1, 0.15) is 0 Å². The van der Waals surface area contributed by atoms with E-state index >= 15 is 0 Å². The van der Waals surface area contributed by atoms with Crippen LogP contribution in [0.2, 0.25) is 0 Å². The van der Waals surface area contributed by atoms with Gasteiger partial charge in [-0.1, -0.05) is 12.8 Å². The molecular formula is C23H27N5O2. The third-order valence-corrected chi connectivity index (χ3v) is 5.56. The molecule has 4 rings (SSSR count).